The lowest BCUT2D eigenvalue weighted by molar-refractivity contribution is -0.384. The zero-order chi connectivity index (χ0) is 21.3. The van der Waals surface area contributed by atoms with Crippen molar-refractivity contribution in [2.45, 2.75) is 6.92 Å². The van der Waals surface area contributed by atoms with E-state index in [1.54, 1.807) is 13.0 Å². The van der Waals surface area contributed by atoms with Crippen molar-refractivity contribution in [1.29, 1.82) is 0 Å². The standard InChI is InChI=1S/C19H14N6O4S/c1-11-9-17(26)22-19(20-11)24-16(10-14(23-24)15-3-2-8-30-15)21-18(27)12-4-6-13(7-5-12)25(28)29/h2-10H,1H3,(H,21,27)(H,20,22,26). The maximum atomic E-state index is 12.7. The third kappa shape index (κ3) is 3.86. The Labute approximate surface area is 173 Å². The number of aryl methyl sites for hydroxylation is 1. The summed E-state index contributed by atoms with van der Waals surface area (Å²) in [6.07, 6.45) is 0. The van der Waals surface area contributed by atoms with Crippen molar-refractivity contribution >= 4 is 28.7 Å². The Kier molecular flexibility index (Phi) is 4.94. The molecule has 0 fully saturated rings. The number of amides is 1. The van der Waals surface area contributed by atoms with E-state index < -0.39 is 10.8 Å². The van der Waals surface area contributed by atoms with Gasteiger partial charge in [0.05, 0.1) is 9.80 Å². The molecule has 0 atom stereocenters. The maximum absolute atomic E-state index is 12.7. The number of nitrogens with one attached hydrogen (secondary N) is 2. The van der Waals surface area contributed by atoms with Crippen molar-refractivity contribution in [2.24, 2.45) is 0 Å². The number of aromatic amines is 1. The van der Waals surface area contributed by atoms with E-state index in [0.29, 0.717) is 11.4 Å². The minimum absolute atomic E-state index is 0.113. The number of nitrogens with zero attached hydrogens (tertiary/aromatic N) is 4. The summed E-state index contributed by atoms with van der Waals surface area (Å²) in [5, 5.41) is 19.9. The van der Waals surface area contributed by atoms with Gasteiger partial charge >= 0.3 is 0 Å². The first-order valence-corrected chi connectivity index (χ1v) is 9.57. The molecule has 3 heterocycles. The molecule has 0 bridgehead atoms. The van der Waals surface area contributed by atoms with Crippen LogP contribution in [-0.2, 0) is 0 Å². The second-order valence-electron chi connectivity index (χ2n) is 6.27. The summed E-state index contributed by atoms with van der Waals surface area (Å²) in [6, 6.07) is 12.0. The lowest BCUT2D eigenvalue weighted by Gasteiger charge is -2.08. The Morgan fingerprint density at radius 1 is 1.23 bits per heavy atom. The van der Waals surface area contributed by atoms with Gasteiger partial charge in [0.25, 0.3) is 17.2 Å². The quantitative estimate of drug-likeness (QED) is 0.375. The van der Waals surface area contributed by atoms with E-state index in [-0.39, 0.29) is 28.6 Å². The van der Waals surface area contributed by atoms with Crippen molar-refractivity contribution in [3.05, 3.63) is 85.6 Å². The number of thiophene rings is 1. The Morgan fingerprint density at radius 2 is 2.00 bits per heavy atom. The van der Waals surface area contributed by atoms with E-state index in [9.17, 15) is 19.7 Å². The van der Waals surface area contributed by atoms with Crippen LogP contribution in [0, 0.1) is 17.0 Å². The van der Waals surface area contributed by atoms with Gasteiger partial charge in [-0.25, -0.2) is 4.98 Å². The second kappa shape index (κ2) is 7.72. The van der Waals surface area contributed by atoms with Gasteiger partial charge in [0.1, 0.15) is 11.5 Å². The number of carbonyl (C=O) groups excluding carboxylic acids is 1. The third-order valence-electron chi connectivity index (χ3n) is 4.12. The van der Waals surface area contributed by atoms with E-state index in [4.69, 9.17) is 0 Å². The number of hydrogen-bond donors (Lipinski definition) is 2. The zero-order valence-corrected chi connectivity index (χ0v) is 16.3. The molecule has 10 nitrogen and oxygen atoms in total. The number of anilines is 1. The predicted octanol–water partition coefficient (Wildman–Crippen LogP) is 3.15. The smallest absolute Gasteiger partial charge is 0.269 e. The van der Waals surface area contributed by atoms with Gasteiger partial charge in [-0.1, -0.05) is 6.07 Å². The number of benzene rings is 1. The van der Waals surface area contributed by atoms with Gasteiger partial charge in [-0.05, 0) is 30.5 Å². The Hall–Kier alpha value is -4.12. The number of H-pyrrole nitrogens is 1. The number of nitro benzene ring substituents is 1. The van der Waals surface area contributed by atoms with Crippen LogP contribution < -0.4 is 10.9 Å². The minimum Gasteiger partial charge on any atom is -0.306 e. The van der Waals surface area contributed by atoms with Crippen LogP contribution in [0.4, 0.5) is 11.5 Å². The first-order chi connectivity index (χ1) is 14.4. The monoisotopic (exact) mass is 422 g/mol. The summed E-state index contributed by atoms with van der Waals surface area (Å²) in [4.78, 5) is 42.6. The summed E-state index contributed by atoms with van der Waals surface area (Å²) in [6.45, 7) is 1.68. The van der Waals surface area contributed by atoms with Crippen molar-refractivity contribution < 1.29 is 9.72 Å². The van der Waals surface area contributed by atoms with Crippen molar-refractivity contribution in [3.63, 3.8) is 0 Å². The molecule has 0 saturated heterocycles. The normalized spacial score (nSPS) is 10.7. The highest BCUT2D eigenvalue weighted by atomic mass is 32.1. The molecule has 4 rings (SSSR count). The highest BCUT2D eigenvalue weighted by Gasteiger charge is 2.17. The lowest BCUT2D eigenvalue weighted by Crippen LogP contribution is -2.18. The largest absolute Gasteiger partial charge is 0.306 e. The van der Waals surface area contributed by atoms with Gasteiger partial charge in [0, 0.05) is 35.5 Å². The van der Waals surface area contributed by atoms with Gasteiger partial charge in [-0.2, -0.15) is 9.78 Å². The highest BCUT2D eigenvalue weighted by Crippen LogP contribution is 2.27. The third-order valence-corrected chi connectivity index (χ3v) is 5.02. The van der Waals surface area contributed by atoms with Crippen molar-refractivity contribution in [3.8, 4) is 16.5 Å². The summed E-state index contributed by atoms with van der Waals surface area (Å²) in [5.41, 5.74) is 0.857. The highest BCUT2D eigenvalue weighted by molar-refractivity contribution is 7.13. The molecular weight excluding hydrogens is 408 g/mol. The number of carbonyl (C=O) groups is 1. The van der Waals surface area contributed by atoms with Crippen LogP contribution in [0.25, 0.3) is 16.5 Å². The lowest BCUT2D eigenvalue weighted by atomic mass is 10.2. The van der Waals surface area contributed by atoms with Crippen LogP contribution in [0.15, 0.2) is 58.7 Å². The molecule has 0 aliphatic carbocycles. The minimum atomic E-state index is -0.538. The molecule has 11 heteroatoms. The van der Waals surface area contributed by atoms with Crippen LogP contribution in [0.1, 0.15) is 16.1 Å². The number of non-ortho nitro benzene ring substituents is 1. The van der Waals surface area contributed by atoms with Crippen LogP contribution in [0.5, 0.6) is 0 Å². The summed E-state index contributed by atoms with van der Waals surface area (Å²) in [5.74, 6) is -0.0453. The molecule has 0 aliphatic rings. The Morgan fingerprint density at radius 3 is 2.63 bits per heavy atom. The van der Waals surface area contributed by atoms with E-state index in [2.05, 4.69) is 20.4 Å². The van der Waals surface area contributed by atoms with Crippen LogP contribution in [0.2, 0.25) is 0 Å². The molecule has 2 N–H and O–H groups in total. The van der Waals surface area contributed by atoms with Gasteiger partial charge < -0.3 is 5.32 Å². The molecule has 150 valence electrons. The predicted molar refractivity (Wildman–Crippen MR) is 111 cm³/mol. The van der Waals surface area contributed by atoms with Gasteiger partial charge in [0.2, 0.25) is 5.95 Å². The summed E-state index contributed by atoms with van der Waals surface area (Å²) >= 11 is 1.47. The summed E-state index contributed by atoms with van der Waals surface area (Å²) in [7, 11) is 0. The fraction of sp³-hybridized carbons (Fsp3) is 0.0526. The van der Waals surface area contributed by atoms with E-state index >= 15 is 0 Å². The summed E-state index contributed by atoms with van der Waals surface area (Å²) < 4.78 is 1.34. The van der Waals surface area contributed by atoms with Crippen molar-refractivity contribution in [1.82, 2.24) is 19.7 Å². The number of rotatable bonds is 5. The average molecular weight is 422 g/mol. The molecular formula is C19H14N6O4S. The molecule has 1 amide bonds. The van der Waals surface area contributed by atoms with E-state index in [1.807, 2.05) is 17.5 Å². The topological polar surface area (TPSA) is 136 Å². The Bertz CT molecular complexity index is 1290. The number of aromatic nitrogens is 4. The van der Waals surface area contributed by atoms with E-state index in [1.165, 1.54) is 46.4 Å². The zero-order valence-electron chi connectivity index (χ0n) is 15.5. The number of hydrogen-bond acceptors (Lipinski definition) is 7. The van der Waals surface area contributed by atoms with E-state index in [0.717, 1.165) is 4.88 Å². The molecule has 0 unspecified atom stereocenters. The molecule has 0 saturated carbocycles. The van der Waals surface area contributed by atoms with Gasteiger partial charge in [0.15, 0.2) is 0 Å². The molecule has 3 aromatic heterocycles. The fourth-order valence-corrected chi connectivity index (χ4v) is 3.44. The van der Waals surface area contributed by atoms with Crippen LogP contribution >= 0.6 is 11.3 Å². The molecule has 30 heavy (non-hydrogen) atoms. The SMILES string of the molecule is Cc1cc(=O)[nH]c(-n2nc(-c3cccs3)cc2NC(=O)c2ccc([N+](=O)[O-])cc2)n1. The Balaban J connectivity index is 1.73. The molecule has 0 radical (unpaired) electrons. The van der Waals surface area contributed by atoms with Crippen molar-refractivity contribution in [2.75, 3.05) is 5.32 Å². The first-order valence-electron chi connectivity index (χ1n) is 8.69. The average Bonchev–Trinajstić information content (AvgIpc) is 3.37. The first kappa shape index (κ1) is 19.2. The maximum Gasteiger partial charge on any atom is 0.269 e. The second-order valence-corrected chi connectivity index (χ2v) is 7.22. The van der Waals surface area contributed by atoms with Crippen LogP contribution in [-0.4, -0.2) is 30.6 Å². The molecule has 1 aromatic carbocycles. The molecule has 0 aliphatic heterocycles. The molecule has 4 aromatic rings. The molecule has 0 spiro atoms. The van der Waals surface area contributed by atoms with Crippen LogP contribution in [0.3, 0.4) is 0 Å². The van der Waals surface area contributed by atoms with Gasteiger partial charge in [-0.15, -0.1) is 11.3 Å². The fourth-order valence-electron chi connectivity index (χ4n) is 2.76. The van der Waals surface area contributed by atoms with Gasteiger partial charge in [-0.3, -0.25) is 24.7 Å². The number of nitro groups is 1.